The van der Waals surface area contributed by atoms with Crippen molar-refractivity contribution in [2.75, 3.05) is 0 Å². The van der Waals surface area contributed by atoms with Gasteiger partial charge in [0, 0.05) is 12.1 Å². The maximum absolute atomic E-state index is 5.23. The monoisotopic (exact) mass is 127 g/mol. The minimum absolute atomic E-state index is 0.566. The molecule has 0 saturated carbocycles. The number of furan rings is 1. The lowest BCUT2D eigenvalue weighted by molar-refractivity contribution is 0.564. The highest BCUT2D eigenvalue weighted by molar-refractivity contribution is 5.03. The fourth-order valence-corrected chi connectivity index (χ4v) is 0.409. The van der Waals surface area contributed by atoms with E-state index in [9.17, 15) is 0 Å². The van der Waals surface area contributed by atoms with Gasteiger partial charge in [0.1, 0.15) is 0 Å². The van der Waals surface area contributed by atoms with Gasteiger partial charge in [-0.25, -0.2) is 0 Å². The van der Waals surface area contributed by atoms with Gasteiger partial charge in [0.25, 0.3) is 0 Å². The van der Waals surface area contributed by atoms with Crippen LogP contribution >= 0.6 is 0 Å². The van der Waals surface area contributed by atoms with Crippen molar-refractivity contribution in [1.29, 1.82) is 0 Å². The van der Waals surface area contributed by atoms with Gasteiger partial charge in [0.15, 0.2) is 0 Å². The van der Waals surface area contributed by atoms with E-state index in [4.69, 9.17) is 10.2 Å². The molecule has 0 aliphatic heterocycles. The van der Waals surface area contributed by atoms with Crippen molar-refractivity contribution in [3.8, 4) is 0 Å². The van der Waals surface area contributed by atoms with E-state index >= 15 is 0 Å². The molecule has 0 saturated heterocycles. The van der Waals surface area contributed by atoms with Gasteiger partial charge in [-0.05, 0) is 6.07 Å². The molecule has 1 heterocycles. The highest BCUT2D eigenvalue weighted by Gasteiger charge is 1.83. The molecule has 1 aromatic rings. The highest BCUT2D eigenvalue weighted by atomic mass is 16.3. The van der Waals surface area contributed by atoms with Gasteiger partial charge < -0.3 is 10.2 Å². The van der Waals surface area contributed by atoms with Crippen molar-refractivity contribution in [2.45, 2.75) is 20.4 Å². The summed E-state index contributed by atoms with van der Waals surface area (Å²) in [4.78, 5) is 0. The van der Waals surface area contributed by atoms with Crippen LogP contribution in [-0.4, -0.2) is 0 Å². The highest BCUT2D eigenvalue weighted by Crippen LogP contribution is 1.95. The molecule has 0 fully saturated rings. The molecular weight excluding hydrogens is 114 g/mol. The van der Waals surface area contributed by atoms with E-state index in [0.29, 0.717) is 6.54 Å². The Morgan fingerprint density at radius 2 is 2.22 bits per heavy atom. The molecule has 0 spiro atoms. The zero-order valence-electron chi connectivity index (χ0n) is 5.92. The van der Waals surface area contributed by atoms with Crippen LogP contribution in [0.15, 0.2) is 23.0 Å². The second-order valence-corrected chi connectivity index (χ2v) is 1.34. The Bertz CT molecular complexity index is 123. The van der Waals surface area contributed by atoms with Crippen LogP contribution in [0.2, 0.25) is 0 Å². The quantitative estimate of drug-likeness (QED) is 0.624. The third kappa shape index (κ3) is 2.93. The van der Waals surface area contributed by atoms with E-state index in [1.165, 1.54) is 0 Å². The van der Waals surface area contributed by atoms with E-state index in [0.717, 1.165) is 5.56 Å². The fraction of sp³-hybridized carbons (Fsp3) is 0.429. The van der Waals surface area contributed by atoms with Crippen LogP contribution in [0.4, 0.5) is 0 Å². The molecule has 52 valence electrons. The SMILES string of the molecule is CC.NCc1ccoc1. The summed E-state index contributed by atoms with van der Waals surface area (Å²) >= 11 is 0. The van der Waals surface area contributed by atoms with E-state index in [-0.39, 0.29) is 0 Å². The molecule has 9 heavy (non-hydrogen) atoms. The number of nitrogens with two attached hydrogens (primary N) is 1. The van der Waals surface area contributed by atoms with Crippen molar-refractivity contribution in [3.63, 3.8) is 0 Å². The summed E-state index contributed by atoms with van der Waals surface area (Å²) in [5.74, 6) is 0. The van der Waals surface area contributed by atoms with E-state index in [1.807, 2.05) is 19.9 Å². The maximum atomic E-state index is 5.23. The Labute approximate surface area is 55.7 Å². The summed E-state index contributed by atoms with van der Waals surface area (Å²) < 4.78 is 4.73. The molecule has 0 unspecified atom stereocenters. The summed E-state index contributed by atoms with van der Waals surface area (Å²) in [6, 6.07) is 1.85. The molecule has 0 amide bonds. The lowest BCUT2D eigenvalue weighted by Gasteiger charge is -1.78. The van der Waals surface area contributed by atoms with Crippen LogP contribution in [0.5, 0.6) is 0 Å². The molecule has 1 rings (SSSR count). The second kappa shape index (κ2) is 5.38. The first-order valence-corrected chi connectivity index (χ1v) is 3.14. The predicted molar refractivity (Wildman–Crippen MR) is 37.9 cm³/mol. The summed E-state index contributed by atoms with van der Waals surface area (Å²) in [5.41, 5.74) is 6.28. The molecule has 0 aliphatic carbocycles. The average molecular weight is 127 g/mol. The maximum Gasteiger partial charge on any atom is 0.0947 e. The average Bonchev–Trinajstić information content (AvgIpc) is 2.43. The van der Waals surface area contributed by atoms with Gasteiger partial charge in [-0.2, -0.15) is 0 Å². The van der Waals surface area contributed by atoms with Crippen molar-refractivity contribution < 1.29 is 4.42 Å². The van der Waals surface area contributed by atoms with Crippen molar-refractivity contribution >= 4 is 0 Å². The van der Waals surface area contributed by atoms with Crippen molar-refractivity contribution in [2.24, 2.45) is 5.73 Å². The molecule has 0 radical (unpaired) electrons. The standard InChI is InChI=1S/C5H7NO.C2H6/c6-3-5-1-2-7-4-5;1-2/h1-2,4H,3,6H2;1-2H3. The zero-order chi connectivity index (χ0) is 7.11. The van der Waals surface area contributed by atoms with Crippen LogP contribution in [-0.2, 0) is 6.54 Å². The molecule has 2 nitrogen and oxygen atoms in total. The largest absolute Gasteiger partial charge is 0.472 e. The molecule has 0 aliphatic rings. The van der Waals surface area contributed by atoms with Crippen molar-refractivity contribution in [1.82, 2.24) is 0 Å². The van der Waals surface area contributed by atoms with Gasteiger partial charge >= 0.3 is 0 Å². The van der Waals surface area contributed by atoms with Crippen LogP contribution in [0.1, 0.15) is 19.4 Å². The molecule has 2 N–H and O–H groups in total. The summed E-state index contributed by atoms with van der Waals surface area (Å²) in [7, 11) is 0. The number of rotatable bonds is 1. The molecule has 0 bridgehead atoms. The zero-order valence-corrected chi connectivity index (χ0v) is 5.92. The van der Waals surface area contributed by atoms with Gasteiger partial charge in [-0.3, -0.25) is 0 Å². The number of hydrogen-bond acceptors (Lipinski definition) is 2. The van der Waals surface area contributed by atoms with E-state index < -0.39 is 0 Å². The lowest BCUT2D eigenvalue weighted by atomic mass is 10.4. The molecule has 2 heteroatoms. The third-order valence-electron chi connectivity index (χ3n) is 0.816. The molecule has 0 aromatic carbocycles. The summed E-state index contributed by atoms with van der Waals surface area (Å²) in [5, 5.41) is 0. The lowest BCUT2D eigenvalue weighted by Crippen LogP contribution is -1.92. The number of hydrogen-bond donors (Lipinski definition) is 1. The third-order valence-corrected chi connectivity index (χ3v) is 0.816. The van der Waals surface area contributed by atoms with Crippen LogP contribution in [0, 0.1) is 0 Å². The molecular formula is C7H13NO. The summed E-state index contributed by atoms with van der Waals surface area (Å²) in [6.45, 7) is 4.57. The van der Waals surface area contributed by atoms with E-state index in [2.05, 4.69) is 0 Å². The normalized spacial score (nSPS) is 7.89. The predicted octanol–water partition coefficient (Wildman–Crippen LogP) is 1.76. The van der Waals surface area contributed by atoms with Gasteiger partial charge in [0.05, 0.1) is 12.5 Å². The summed E-state index contributed by atoms with van der Waals surface area (Å²) in [6.07, 6.45) is 3.25. The molecule has 0 atom stereocenters. The Morgan fingerprint density at radius 3 is 2.44 bits per heavy atom. The topological polar surface area (TPSA) is 39.2 Å². The first-order valence-electron chi connectivity index (χ1n) is 3.14. The smallest absolute Gasteiger partial charge is 0.0947 e. The van der Waals surface area contributed by atoms with Gasteiger partial charge in [-0.15, -0.1) is 0 Å². The van der Waals surface area contributed by atoms with Crippen LogP contribution < -0.4 is 5.73 Å². The molecule has 1 aromatic heterocycles. The van der Waals surface area contributed by atoms with Crippen molar-refractivity contribution in [3.05, 3.63) is 24.2 Å². The van der Waals surface area contributed by atoms with Gasteiger partial charge in [-0.1, -0.05) is 13.8 Å². The minimum atomic E-state index is 0.566. The Balaban J connectivity index is 0.000000291. The Kier molecular flexibility index (Phi) is 4.92. The minimum Gasteiger partial charge on any atom is -0.472 e. The van der Waals surface area contributed by atoms with Crippen LogP contribution in [0.3, 0.4) is 0 Å². The second-order valence-electron chi connectivity index (χ2n) is 1.34. The Hall–Kier alpha value is -0.760. The Morgan fingerprint density at radius 1 is 1.56 bits per heavy atom. The first kappa shape index (κ1) is 8.24. The fourth-order valence-electron chi connectivity index (χ4n) is 0.409. The van der Waals surface area contributed by atoms with E-state index in [1.54, 1.807) is 12.5 Å². The van der Waals surface area contributed by atoms with Crippen LogP contribution in [0.25, 0.3) is 0 Å². The van der Waals surface area contributed by atoms with Gasteiger partial charge in [0.2, 0.25) is 0 Å². The first-order chi connectivity index (χ1) is 4.43.